The van der Waals surface area contributed by atoms with Crippen LogP contribution in [-0.4, -0.2) is 169 Å². The van der Waals surface area contributed by atoms with Crippen molar-refractivity contribution < 1.29 is 78.4 Å². The van der Waals surface area contributed by atoms with Crippen molar-refractivity contribution >= 4 is 34.1 Å². The van der Waals surface area contributed by atoms with Crippen LogP contribution in [0.5, 0.6) is 0 Å². The maximum atomic E-state index is 15.4. The summed E-state index contributed by atoms with van der Waals surface area (Å²) in [5.41, 5.74) is 4.19. The van der Waals surface area contributed by atoms with E-state index in [1.165, 1.54) is 24.3 Å². The Balaban J connectivity index is 0.985. The molecule has 12 rings (SSSR count). The van der Waals surface area contributed by atoms with Crippen molar-refractivity contribution in [2.24, 2.45) is 10.9 Å². The average Bonchev–Trinajstić information content (AvgIpc) is 1.48. The predicted molar refractivity (Wildman–Crippen MR) is 368 cm³/mol. The SMILES string of the molecule is CN(C)C1=N[C@@H]2[C@@H](OCc3ccccc3)[C@H](O[C@@H]3O[C@H](COCc4ccccc4)[C@@H](O[C@@H]4O[C@@H]5CO[C@@H](c6ccccc6)O[C@H]5[C@@H](OCc5ccccc5)[C@H]4NS(=O)(=O)c4ccccc4)[C@@H](OCOCC[Si](C)(C)C)[C@H]3NS(=O)(=O)c3ccccc3)[C@@H](COCc3ccccc3)[C@@H]2O1. The Kier molecular flexibility index (Phi) is 24.1. The zero-order valence-corrected chi connectivity index (χ0v) is 58.3. The molecule has 4 fully saturated rings. The molecule has 21 nitrogen and oxygen atoms in total. The average molecular weight is 1400 g/mol. The van der Waals surface area contributed by atoms with Crippen LogP contribution in [0.2, 0.25) is 25.7 Å². The molecule has 3 saturated heterocycles. The number of hydrogen-bond donors (Lipinski definition) is 2. The van der Waals surface area contributed by atoms with Gasteiger partial charge < -0.3 is 66.5 Å². The van der Waals surface area contributed by atoms with Gasteiger partial charge in [0.2, 0.25) is 20.0 Å². The molecule has 2 N–H and O–H groups in total. The van der Waals surface area contributed by atoms with Crippen LogP contribution in [0.4, 0.5) is 0 Å². The molecule has 1 saturated carbocycles. The van der Waals surface area contributed by atoms with E-state index in [-0.39, 0.29) is 62.8 Å². The highest BCUT2D eigenvalue weighted by Gasteiger charge is 2.61. The summed E-state index contributed by atoms with van der Waals surface area (Å²) in [6, 6.07) is 61.5. The van der Waals surface area contributed by atoms with Crippen LogP contribution in [-0.2, 0) is 108 Å². The maximum absolute atomic E-state index is 15.4. The normalized spacial score (nSPS) is 27.9. The van der Waals surface area contributed by atoms with Crippen LogP contribution in [0.1, 0.15) is 34.1 Å². The van der Waals surface area contributed by atoms with Crippen LogP contribution < -0.4 is 9.44 Å². The predicted octanol–water partition coefficient (Wildman–Crippen LogP) is 9.63. The van der Waals surface area contributed by atoms with Gasteiger partial charge in [0, 0.05) is 34.3 Å². The van der Waals surface area contributed by atoms with Gasteiger partial charge in [-0.05, 0) is 52.6 Å². The zero-order valence-electron chi connectivity index (χ0n) is 55.7. The van der Waals surface area contributed by atoms with Gasteiger partial charge >= 0.3 is 0 Å². The molecule has 0 unspecified atom stereocenters. The molecule has 5 aliphatic rings. The number of rotatable bonds is 31. The lowest BCUT2D eigenvalue weighted by Gasteiger charge is -2.52. The van der Waals surface area contributed by atoms with Gasteiger partial charge in [0.15, 0.2) is 18.9 Å². The third-order valence-corrected chi connectivity index (χ3v) is 22.4. The Hall–Kier alpha value is -6.63. The first-order chi connectivity index (χ1) is 47.5. The number of aliphatic imine (C=N–C) groups is 1. The van der Waals surface area contributed by atoms with E-state index in [0.29, 0.717) is 12.6 Å². The lowest BCUT2D eigenvalue weighted by molar-refractivity contribution is -0.374. The number of ether oxygens (including phenoxy) is 13. The van der Waals surface area contributed by atoms with Crippen molar-refractivity contribution in [1.29, 1.82) is 0 Å². The number of benzene rings is 7. The van der Waals surface area contributed by atoms with E-state index in [0.717, 1.165) is 33.9 Å². The van der Waals surface area contributed by atoms with Gasteiger partial charge in [-0.1, -0.05) is 208 Å². The Labute approximate surface area is 576 Å². The summed E-state index contributed by atoms with van der Waals surface area (Å²) in [4.78, 5) is 6.84. The van der Waals surface area contributed by atoms with E-state index in [1.807, 2.05) is 166 Å². The summed E-state index contributed by atoms with van der Waals surface area (Å²) in [6.45, 7) is 7.01. The molecule has 0 spiro atoms. The van der Waals surface area contributed by atoms with E-state index in [4.69, 9.17) is 66.6 Å². The summed E-state index contributed by atoms with van der Waals surface area (Å²) < 4.78 is 157. The molecule has 24 heteroatoms. The second-order valence-corrected chi connectivity index (χ2v) is 35.5. The molecule has 4 aliphatic heterocycles. The van der Waals surface area contributed by atoms with Gasteiger partial charge in [0.05, 0.1) is 68.1 Å². The summed E-state index contributed by atoms with van der Waals surface area (Å²) in [5, 5.41) is 0. The molecule has 522 valence electrons. The third kappa shape index (κ3) is 18.3. The third-order valence-electron chi connectivity index (χ3n) is 17.8. The van der Waals surface area contributed by atoms with Crippen molar-refractivity contribution in [3.63, 3.8) is 0 Å². The maximum Gasteiger partial charge on any atom is 0.287 e. The molecule has 1 aliphatic carbocycles. The molecular formula is C74H88N4O17S2Si. The summed E-state index contributed by atoms with van der Waals surface area (Å²) in [7, 11) is -6.96. The minimum absolute atomic E-state index is 0.0145. The quantitative estimate of drug-likeness (QED) is 0.0234. The number of nitrogens with one attached hydrogen (secondary N) is 2. The monoisotopic (exact) mass is 1400 g/mol. The lowest BCUT2D eigenvalue weighted by atomic mass is 9.94. The molecule has 0 bridgehead atoms. The lowest BCUT2D eigenvalue weighted by Crippen LogP contribution is -2.71. The minimum Gasteiger partial charge on any atom is -0.459 e. The van der Waals surface area contributed by atoms with Crippen LogP contribution in [0.15, 0.2) is 227 Å². The van der Waals surface area contributed by atoms with E-state index in [1.54, 1.807) is 41.3 Å². The van der Waals surface area contributed by atoms with Crippen molar-refractivity contribution in [3.8, 4) is 0 Å². The molecule has 0 radical (unpaired) electrons. The Morgan fingerprint density at radius 1 is 0.500 bits per heavy atom. The van der Waals surface area contributed by atoms with Gasteiger partial charge in [-0.2, -0.15) is 0 Å². The van der Waals surface area contributed by atoms with Gasteiger partial charge in [0.25, 0.3) is 6.02 Å². The Morgan fingerprint density at radius 3 is 1.50 bits per heavy atom. The fourth-order valence-electron chi connectivity index (χ4n) is 12.7. The highest BCUT2D eigenvalue weighted by atomic mass is 32.2. The van der Waals surface area contributed by atoms with Crippen molar-refractivity contribution in [2.75, 3.05) is 47.3 Å². The molecule has 4 heterocycles. The second-order valence-electron chi connectivity index (χ2n) is 26.4. The topological polar surface area (TPSA) is 228 Å². The Bertz CT molecular complexity index is 3850. The van der Waals surface area contributed by atoms with E-state index in [2.05, 4.69) is 29.1 Å². The van der Waals surface area contributed by atoms with Crippen molar-refractivity contribution in [3.05, 3.63) is 240 Å². The standard InChI is InChI=1S/C74H88N4O17S2Si/c1-78(2)74-75-61-64(95-74)58(47-84-43-51-27-13-6-14-28-51)65(68(61)86-45-53-31-17-8-18-32-53)92-72-63(77-97(81,82)57-39-25-12-26-40-57)70(89-50-83-41-42-98(3,4)5)66(59(90-72)48-85-44-52-29-15-7-16-30-52)94-73-62(76-96(79,80)56-37-23-11-24-38-56)69(87-46-54-33-19-9-20-34-54)67-60(91-73)49-88-71(93-67)55-35-21-10-22-36-55/h6-40,58-73,76-77H,41-50H2,1-5H3/t58-,59+,60+,61-,62+,63+,64-,65+,66+,67+,68+,69-,70-,71+,72-,73-/m0/s1. The second kappa shape index (κ2) is 33.2. The first kappa shape index (κ1) is 71.2. The first-order valence-corrected chi connectivity index (χ1v) is 39.9. The molecular weight excluding hydrogens is 1310 g/mol. The van der Waals surface area contributed by atoms with E-state index >= 15 is 16.8 Å². The first-order valence-electron chi connectivity index (χ1n) is 33.3. The number of fused-ring (bicyclic) bond motifs is 2. The highest BCUT2D eigenvalue weighted by molar-refractivity contribution is 7.89. The summed E-state index contributed by atoms with van der Waals surface area (Å²) in [5.74, 6) is -0.622. The van der Waals surface area contributed by atoms with Crippen LogP contribution in [0.25, 0.3) is 0 Å². The highest BCUT2D eigenvalue weighted by Crippen LogP contribution is 2.44. The van der Waals surface area contributed by atoms with E-state index < -0.39 is 126 Å². The van der Waals surface area contributed by atoms with Gasteiger partial charge in [-0.15, -0.1) is 0 Å². The van der Waals surface area contributed by atoms with Gasteiger partial charge in [-0.25, -0.2) is 31.3 Å². The molecule has 7 aromatic carbocycles. The Morgan fingerprint density at radius 2 is 0.969 bits per heavy atom. The molecule has 0 aromatic heterocycles. The summed E-state index contributed by atoms with van der Waals surface area (Å²) in [6.07, 6.45) is -13.7. The number of sulfonamides is 2. The fraction of sp³-hybridized carbons (Fsp3) is 0.419. The number of amidine groups is 1. The van der Waals surface area contributed by atoms with Crippen LogP contribution >= 0.6 is 0 Å². The largest absolute Gasteiger partial charge is 0.459 e. The van der Waals surface area contributed by atoms with E-state index in [9.17, 15) is 0 Å². The molecule has 0 amide bonds. The van der Waals surface area contributed by atoms with Crippen LogP contribution in [0, 0.1) is 5.92 Å². The van der Waals surface area contributed by atoms with Crippen LogP contribution in [0.3, 0.4) is 0 Å². The minimum atomic E-state index is -4.54. The van der Waals surface area contributed by atoms with Gasteiger partial charge in [0.1, 0.15) is 73.8 Å². The molecule has 7 aromatic rings. The number of nitrogens with zero attached hydrogens (tertiary/aromatic N) is 2. The van der Waals surface area contributed by atoms with Crippen molar-refractivity contribution in [1.82, 2.24) is 14.3 Å². The van der Waals surface area contributed by atoms with Gasteiger partial charge in [-0.3, -0.25) is 0 Å². The molecule has 16 atom stereocenters. The van der Waals surface area contributed by atoms with Crippen molar-refractivity contribution in [2.45, 2.75) is 154 Å². The zero-order chi connectivity index (χ0) is 68.1. The molecule has 98 heavy (non-hydrogen) atoms. The number of hydrogen-bond acceptors (Lipinski definition) is 19. The smallest absolute Gasteiger partial charge is 0.287 e. The summed E-state index contributed by atoms with van der Waals surface area (Å²) >= 11 is 0. The fourth-order valence-corrected chi connectivity index (χ4v) is 16.0.